The Morgan fingerprint density at radius 3 is 2.81 bits per heavy atom. The van der Waals surface area contributed by atoms with Crippen LogP contribution in [0.3, 0.4) is 0 Å². The third kappa shape index (κ3) is 3.32. The van der Waals surface area contributed by atoms with Crippen LogP contribution in [0.5, 0.6) is 5.75 Å². The molecule has 0 fully saturated rings. The van der Waals surface area contributed by atoms with Gasteiger partial charge in [-0.15, -0.1) is 0 Å². The van der Waals surface area contributed by atoms with E-state index in [4.69, 9.17) is 9.57 Å². The lowest BCUT2D eigenvalue weighted by Crippen LogP contribution is -2.44. The quantitative estimate of drug-likeness (QED) is 0.844. The number of rotatable bonds is 4. The van der Waals surface area contributed by atoms with E-state index in [1.165, 1.54) is 0 Å². The second-order valence-electron chi connectivity index (χ2n) is 4.72. The first-order chi connectivity index (χ1) is 10.3. The van der Waals surface area contributed by atoms with Gasteiger partial charge in [0.05, 0.1) is 18.8 Å². The summed E-state index contributed by atoms with van der Waals surface area (Å²) in [6.07, 6.45) is -0.601. The molecule has 0 aliphatic carbocycles. The molecular weight excluding hydrogens is 268 g/mol. The molecule has 0 bridgehead atoms. The summed E-state index contributed by atoms with van der Waals surface area (Å²) in [7, 11) is 0. The highest BCUT2D eigenvalue weighted by atomic mass is 16.7. The van der Waals surface area contributed by atoms with Crippen molar-refractivity contribution in [1.82, 2.24) is 5.48 Å². The van der Waals surface area contributed by atoms with Gasteiger partial charge < -0.3 is 10.1 Å². The highest BCUT2D eigenvalue weighted by molar-refractivity contribution is 5.82. The Morgan fingerprint density at radius 1 is 1.19 bits per heavy atom. The van der Waals surface area contributed by atoms with E-state index in [2.05, 4.69) is 10.8 Å². The van der Waals surface area contributed by atoms with Crippen LogP contribution in [0.1, 0.15) is 5.56 Å². The van der Waals surface area contributed by atoms with Crippen LogP contribution >= 0.6 is 0 Å². The van der Waals surface area contributed by atoms with Crippen LogP contribution in [0.2, 0.25) is 0 Å². The second-order valence-corrected chi connectivity index (χ2v) is 4.72. The maximum atomic E-state index is 12.0. The van der Waals surface area contributed by atoms with Gasteiger partial charge in [0, 0.05) is 0 Å². The maximum absolute atomic E-state index is 12.0. The average Bonchev–Trinajstić information content (AvgIpc) is 2.55. The number of nitrogens with one attached hydrogen (secondary N) is 2. The molecule has 0 saturated heterocycles. The number of hydrogen-bond acceptors (Lipinski definition) is 4. The standard InChI is InChI=1S/C16H16N2O3/c19-16(18-20-11-12-6-2-1-3-7-12)15-10-17-13-8-4-5-9-14(13)21-15/h1-9,15,17H,10-11H2,(H,18,19). The van der Waals surface area contributed by atoms with E-state index < -0.39 is 6.10 Å². The number of carbonyl (C=O) groups excluding carboxylic acids is 1. The van der Waals surface area contributed by atoms with Gasteiger partial charge in [-0.25, -0.2) is 5.48 Å². The number of hydroxylamine groups is 1. The zero-order valence-corrected chi connectivity index (χ0v) is 11.4. The van der Waals surface area contributed by atoms with E-state index in [1.54, 1.807) is 0 Å². The summed E-state index contributed by atoms with van der Waals surface area (Å²) in [5, 5.41) is 3.16. The number of benzene rings is 2. The molecule has 0 aromatic heterocycles. The van der Waals surface area contributed by atoms with Gasteiger partial charge >= 0.3 is 0 Å². The van der Waals surface area contributed by atoms with Crippen LogP contribution in [0.25, 0.3) is 0 Å². The Kier molecular flexibility index (Phi) is 4.02. The fourth-order valence-corrected chi connectivity index (χ4v) is 2.09. The number of anilines is 1. The summed E-state index contributed by atoms with van der Waals surface area (Å²) in [5.74, 6) is 0.375. The number of hydrogen-bond donors (Lipinski definition) is 2. The van der Waals surface area contributed by atoms with E-state index in [9.17, 15) is 4.79 Å². The fraction of sp³-hybridized carbons (Fsp3) is 0.188. The molecule has 1 unspecified atom stereocenters. The number of ether oxygens (including phenoxy) is 1. The van der Waals surface area contributed by atoms with Gasteiger partial charge in [0.25, 0.3) is 5.91 Å². The zero-order valence-electron chi connectivity index (χ0n) is 11.4. The van der Waals surface area contributed by atoms with Crippen LogP contribution < -0.4 is 15.5 Å². The van der Waals surface area contributed by atoms with Crippen LogP contribution in [-0.4, -0.2) is 18.6 Å². The van der Waals surface area contributed by atoms with Gasteiger partial charge in [-0.05, 0) is 17.7 Å². The Balaban J connectivity index is 1.50. The summed E-state index contributed by atoms with van der Waals surface area (Å²) in [6, 6.07) is 17.2. The van der Waals surface area contributed by atoms with Crippen molar-refractivity contribution in [2.75, 3.05) is 11.9 Å². The van der Waals surface area contributed by atoms with E-state index in [0.29, 0.717) is 18.9 Å². The fourth-order valence-electron chi connectivity index (χ4n) is 2.09. The summed E-state index contributed by atoms with van der Waals surface area (Å²) >= 11 is 0. The first-order valence-electron chi connectivity index (χ1n) is 6.78. The number of fused-ring (bicyclic) bond motifs is 1. The van der Waals surface area contributed by atoms with Crippen molar-refractivity contribution in [2.24, 2.45) is 0 Å². The molecule has 1 aliphatic heterocycles. The monoisotopic (exact) mass is 284 g/mol. The molecule has 21 heavy (non-hydrogen) atoms. The van der Waals surface area contributed by atoms with Gasteiger partial charge in [-0.2, -0.15) is 0 Å². The van der Waals surface area contributed by atoms with Crippen molar-refractivity contribution in [3.05, 3.63) is 60.2 Å². The highest BCUT2D eigenvalue weighted by Crippen LogP contribution is 2.28. The van der Waals surface area contributed by atoms with Crippen molar-refractivity contribution in [1.29, 1.82) is 0 Å². The van der Waals surface area contributed by atoms with Crippen molar-refractivity contribution < 1.29 is 14.4 Å². The molecular formula is C16H16N2O3. The molecule has 5 nitrogen and oxygen atoms in total. The van der Waals surface area contributed by atoms with Crippen LogP contribution in [-0.2, 0) is 16.2 Å². The van der Waals surface area contributed by atoms with Gasteiger partial charge in [-0.3, -0.25) is 9.63 Å². The second kappa shape index (κ2) is 6.28. The van der Waals surface area contributed by atoms with Crippen molar-refractivity contribution >= 4 is 11.6 Å². The average molecular weight is 284 g/mol. The van der Waals surface area contributed by atoms with Crippen LogP contribution in [0.15, 0.2) is 54.6 Å². The molecule has 2 aromatic carbocycles. The molecule has 1 aliphatic rings. The van der Waals surface area contributed by atoms with Crippen molar-refractivity contribution in [3.8, 4) is 5.75 Å². The van der Waals surface area contributed by atoms with Crippen molar-refractivity contribution in [2.45, 2.75) is 12.7 Å². The van der Waals surface area contributed by atoms with E-state index >= 15 is 0 Å². The predicted octanol–water partition coefficient (Wildman–Crippen LogP) is 2.11. The molecule has 108 valence electrons. The Hall–Kier alpha value is -2.53. The number of carbonyl (C=O) groups is 1. The van der Waals surface area contributed by atoms with Crippen LogP contribution in [0, 0.1) is 0 Å². The number of amides is 1. The third-order valence-electron chi connectivity index (χ3n) is 3.18. The lowest BCUT2D eigenvalue weighted by Gasteiger charge is -2.26. The van der Waals surface area contributed by atoms with Gasteiger partial charge in [-0.1, -0.05) is 42.5 Å². The minimum Gasteiger partial charge on any atom is -0.476 e. The summed E-state index contributed by atoms with van der Waals surface area (Å²) in [5.41, 5.74) is 4.31. The molecule has 1 amide bonds. The van der Waals surface area contributed by atoms with E-state index in [1.807, 2.05) is 54.6 Å². The Morgan fingerprint density at radius 2 is 1.95 bits per heavy atom. The highest BCUT2D eigenvalue weighted by Gasteiger charge is 2.25. The minimum absolute atomic E-state index is 0.298. The molecule has 2 aromatic rings. The summed E-state index contributed by atoms with van der Waals surface area (Å²) in [6.45, 7) is 0.737. The molecule has 2 N–H and O–H groups in total. The third-order valence-corrected chi connectivity index (χ3v) is 3.18. The smallest absolute Gasteiger partial charge is 0.286 e. The molecule has 1 atom stereocenters. The molecule has 0 spiro atoms. The van der Waals surface area contributed by atoms with E-state index in [0.717, 1.165) is 11.3 Å². The lowest BCUT2D eigenvalue weighted by atomic mass is 10.2. The van der Waals surface area contributed by atoms with E-state index in [-0.39, 0.29) is 5.91 Å². The van der Waals surface area contributed by atoms with Gasteiger partial charge in [0.15, 0.2) is 6.10 Å². The first-order valence-corrected chi connectivity index (χ1v) is 6.78. The lowest BCUT2D eigenvalue weighted by molar-refractivity contribution is -0.141. The van der Waals surface area contributed by atoms with Gasteiger partial charge in [0.1, 0.15) is 5.75 Å². The van der Waals surface area contributed by atoms with Crippen molar-refractivity contribution in [3.63, 3.8) is 0 Å². The number of para-hydroxylation sites is 2. The van der Waals surface area contributed by atoms with Crippen LogP contribution in [0.4, 0.5) is 5.69 Å². The first kappa shape index (κ1) is 13.5. The summed E-state index contributed by atoms with van der Waals surface area (Å²) < 4.78 is 5.64. The molecule has 1 heterocycles. The normalized spacial score (nSPS) is 16.3. The minimum atomic E-state index is -0.601. The molecule has 0 saturated carbocycles. The predicted molar refractivity (Wildman–Crippen MR) is 78.7 cm³/mol. The van der Waals surface area contributed by atoms with Gasteiger partial charge in [0.2, 0.25) is 0 Å². The largest absolute Gasteiger partial charge is 0.476 e. The molecule has 3 rings (SSSR count). The Bertz CT molecular complexity index is 616. The maximum Gasteiger partial charge on any atom is 0.286 e. The topological polar surface area (TPSA) is 59.6 Å². The molecule has 0 radical (unpaired) electrons. The zero-order chi connectivity index (χ0) is 14.5. The molecule has 5 heteroatoms. The Labute approximate surface area is 122 Å². The SMILES string of the molecule is O=C(NOCc1ccccc1)C1CNc2ccccc2O1. The summed E-state index contributed by atoms with van der Waals surface area (Å²) in [4.78, 5) is 17.2.